The second kappa shape index (κ2) is 13.4. The first kappa shape index (κ1) is 26.2. The molecule has 2 fully saturated rings. The molecule has 1 amide bonds. The summed E-state index contributed by atoms with van der Waals surface area (Å²) in [4.78, 5) is 15.0. The van der Waals surface area contributed by atoms with Gasteiger partial charge in [0.2, 0.25) is 5.91 Å². The van der Waals surface area contributed by atoms with Crippen molar-refractivity contribution in [1.82, 2.24) is 10.6 Å². The number of fused-ring (bicyclic) bond motifs is 1. The highest BCUT2D eigenvalue weighted by molar-refractivity contribution is 5.78. The van der Waals surface area contributed by atoms with Crippen molar-refractivity contribution < 1.29 is 23.7 Å². The van der Waals surface area contributed by atoms with Crippen molar-refractivity contribution in [3.05, 3.63) is 23.8 Å². The lowest BCUT2D eigenvalue weighted by Gasteiger charge is -2.33. The Morgan fingerprint density at radius 3 is 2.86 bits per heavy atom. The van der Waals surface area contributed by atoms with Gasteiger partial charge in [0.05, 0.1) is 24.9 Å². The third-order valence-corrected chi connectivity index (χ3v) is 7.37. The van der Waals surface area contributed by atoms with Crippen LogP contribution in [0.3, 0.4) is 0 Å². The zero-order chi connectivity index (χ0) is 24.5. The normalized spacial score (nSPS) is 23.9. The van der Waals surface area contributed by atoms with E-state index in [1.807, 2.05) is 6.92 Å². The number of hydrogen-bond donors (Lipinski definition) is 2. The van der Waals surface area contributed by atoms with Crippen LogP contribution in [-0.2, 0) is 25.6 Å². The summed E-state index contributed by atoms with van der Waals surface area (Å²) in [5.41, 5.74) is 2.33. The molecule has 1 aromatic rings. The van der Waals surface area contributed by atoms with Gasteiger partial charge in [-0.1, -0.05) is 13.0 Å². The number of carbonyl (C=O) groups excluding carboxylic acids is 1. The maximum absolute atomic E-state index is 12.6. The first-order chi connectivity index (χ1) is 17.1. The Morgan fingerprint density at radius 1 is 1.23 bits per heavy atom. The number of anilines is 1. The van der Waals surface area contributed by atoms with E-state index >= 15 is 0 Å². The number of amides is 1. The van der Waals surface area contributed by atoms with Crippen molar-refractivity contribution in [1.29, 1.82) is 0 Å². The second-order valence-electron chi connectivity index (χ2n) is 10.1. The minimum absolute atomic E-state index is 0.0114. The second-order valence-corrected chi connectivity index (χ2v) is 10.1. The highest BCUT2D eigenvalue weighted by Crippen LogP contribution is 2.33. The fourth-order valence-corrected chi connectivity index (χ4v) is 5.21. The van der Waals surface area contributed by atoms with Crippen molar-refractivity contribution in [2.24, 2.45) is 5.92 Å². The summed E-state index contributed by atoms with van der Waals surface area (Å²) >= 11 is 0. The number of ether oxygens (including phenoxy) is 4. The fourth-order valence-electron chi connectivity index (χ4n) is 5.21. The number of nitrogens with zero attached hydrogens (tertiary/aromatic N) is 1. The number of rotatable bonds is 11. The first-order valence-electron chi connectivity index (χ1n) is 13.3. The lowest BCUT2D eigenvalue weighted by atomic mass is 9.93. The maximum Gasteiger partial charge on any atom is 0.223 e. The minimum Gasteiger partial charge on any atom is -0.490 e. The summed E-state index contributed by atoms with van der Waals surface area (Å²) in [6.07, 6.45) is 5.95. The van der Waals surface area contributed by atoms with Gasteiger partial charge in [-0.25, -0.2) is 0 Å². The van der Waals surface area contributed by atoms with Gasteiger partial charge in [-0.3, -0.25) is 4.79 Å². The summed E-state index contributed by atoms with van der Waals surface area (Å²) in [7, 11) is 1.75. The van der Waals surface area contributed by atoms with Crippen molar-refractivity contribution in [2.45, 2.75) is 70.2 Å². The number of piperidine rings is 1. The topological polar surface area (TPSA) is 81.3 Å². The average Bonchev–Trinajstić information content (AvgIpc) is 2.89. The Bertz CT molecular complexity index is 793. The molecule has 0 bridgehead atoms. The van der Waals surface area contributed by atoms with Crippen LogP contribution in [0.2, 0.25) is 0 Å². The third kappa shape index (κ3) is 7.81. The van der Waals surface area contributed by atoms with Crippen LogP contribution in [0.15, 0.2) is 18.2 Å². The fraction of sp³-hybridized carbons (Fsp3) is 0.741. The zero-order valence-corrected chi connectivity index (χ0v) is 21.4. The lowest BCUT2D eigenvalue weighted by molar-refractivity contribution is -0.126. The van der Waals surface area contributed by atoms with Crippen LogP contribution in [-0.4, -0.2) is 77.3 Å². The molecular formula is C27H43N3O5. The average molecular weight is 490 g/mol. The molecule has 0 saturated carbocycles. The summed E-state index contributed by atoms with van der Waals surface area (Å²) in [5, 5.41) is 6.82. The zero-order valence-electron chi connectivity index (χ0n) is 21.4. The smallest absolute Gasteiger partial charge is 0.223 e. The number of nitrogens with one attached hydrogen (secondary N) is 2. The van der Waals surface area contributed by atoms with Gasteiger partial charge in [0.1, 0.15) is 12.4 Å². The molecule has 2 saturated heterocycles. The van der Waals surface area contributed by atoms with E-state index in [4.69, 9.17) is 18.9 Å². The Morgan fingerprint density at radius 2 is 2.09 bits per heavy atom. The summed E-state index contributed by atoms with van der Waals surface area (Å²) < 4.78 is 22.7. The van der Waals surface area contributed by atoms with Crippen LogP contribution in [0.5, 0.6) is 5.75 Å². The molecule has 0 unspecified atom stereocenters. The summed E-state index contributed by atoms with van der Waals surface area (Å²) in [6, 6.07) is 7.02. The van der Waals surface area contributed by atoms with E-state index in [0.29, 0.717) is 12.6 Å². The van der Waals surface area contributed by atoms with Gasteiger partial charge in [-0.05, 0) is 56.2 Å². The van der Waals surface area contributed by atoms with E-state index in [1.54, 1.807) is 7.11 Å². The van der Waals surface area contributed by atoms with Crippen molar-refractivity contribution in [3.63, 3.8) is 0 Å². The van der Waals surface area contributed by atoms with Crippen molar-refractivity contribution in [2.75, 3.05) is 58.1 Å². The molecule has 3 heterocycles. The van der Waals surface area contributed by atoms with Crippen molar-refractivity contribution in [3.8, 4) is 5.75 Å². The van der Waals surface area contributed by atoms with E-state index in [0.717, 1.165) is 96.0 Å². The quantitative estimate of drug-likeness (QED) is 0.463. The van der Waals surface area contributed by atoms with Crippen LogP contribution in [0.25, 0.3) is 0 Å². The van der Waals surface area contributed by atoms with Crippen LogP contribution < -0.4 is 20.3 Å². The molecule has 3 aliphatic heterocycles. The first-order valence-corrected chi connectivity index (χ1v) is 13.3. The number of methoxy groups -OCH3 is 1. The summed E-state index contributed by atoms with van der Waals surface area (Å²) in [6.45, 7) is 8.32. The molecule has 35 heavy (non-hydrogen) atoms. The van der Waals surface area contributed by atoms with Gasteiger partial charge < -0.3 is 34.5 Å². The largest absolute Gasteiger partial charge is 0.490 e. The molecular weight excluding hydrogens is 446 g/mol. The molecule has 4 rings (SSSR count). The van der Waals surface area contributed by atoms with E-state index in [-0.39, 0.29) is 24.0 Å². The van der Waals surface area contributed by atoms with Gasteiger partial charge in [0, 0.05) is 58.0 Å². The highest BCUT2D eigenvalue weighted by Gasteiger charge is 2.26. The molecule has 8 heteroatoms. The van der Waals surface area contributed by atoms with Gasteiger partial charge in [0.15, 0.2) is 0 Å². The molecule has 3 aliphatic rings. The highest BCUT2D eigenvalue weighted by atomic mass is 16.5. The lowest BCUT2D eigenvalue weighted by Crippen LogP contribution is -2.46. The molecule has 2 N–H and O–H groups in total. The molecule has 0 aromatic heterocycles. The predicted molar refractivity (Wildman–Crippen MR) is 136 cm³/mol. The standard InChI is InChI=1S/C27H43N3O5/c1-20(27(31)29-22-8-13-33-14-9-22)16-23-5-6-24(18-28-23)35-19-21-4-7-26-25(17-21)30(11-15-34-26)10-3-12-32-2/h4,7,17,20,22-24,28H,3,5-6,8-16,18-19H2,1-2H3,(H,29,31)/t20-,23-,24+/m0/s1. The summed E-state index contributed by atoms with van der Waals surface area (Å²) in [5.74, 6) is 1.14. The monoisotopic (exact) mass is 489 g/mol. The van der Waals surface area contributed by atoms with Gasteiger partial charge in [-0.2, -0.15) is 0 Å². The van der Waals surface area contributed by atoms with E-state index in [2.05, 4.69) is 33.7 Å². The molecule has 196 valence electrons. The van der Waals surface area contributed by atoms with Crippen LogP contribution in [0.1, 0.15) is 51.0 Å². The van der Waals surface area contributed by atoms with Crippen LogP contribution in [0, 0.1) is 5.92 Å². The van der Waals surface area contributed by atoms with Gasteiger partial charge in [-0.15, -0.1) is 0 Å². The number of carbonyl (C=O) groups is 1. The SMILES string of the molecule is COCCCN1CCOc2ccc(CO[C@@H]3CC[C@@H](C[C@H](C)C(=O)NC4CCOCC4)NC3)cc21. The molecule has 8 nitrogen and oxygen atoms in total. The van der Waals surface area contributed by atoms with Crippen LogP contribution >= 0.6 is 0 Å². The maximum atomic E-state index is 12.6. The predicted octanol–water partition coefficient (Wildman–Crippen LogP) is 2.88. The minimum atomic E-state index is 0.0114. The molecule has 1 aromatic carbocycles. The molecule has 0 radical (unpaired) electrons. The molecule has 0 spiro atoms. The number of benzene rings is 1. The Kier molecular flexibility index (Phi) is 10.1. The van der Waals surface area contributed by atoms with E-state index in [1.165, 1.54) is 5.56 Å². The van der Waals surface area contributed by atoms with Crippen molar-refractivity contribution >= 4 is 11.6 Å². The van der Waals surface area contributed by atoms with E-state index in [9.17, 15) is 4.79 Å². The van der Waals surface area contributed by atoms with Gasteiger partial charge in [0.25, 0.3) is 0 Å². The van der Waals surface area contributed by atoms with Crippen LogP contribution in [0.4, 0.5) is 5.69 Å². The molecule has 3 atom stereocenters. The Hall–Kier alpha value is -1.87. The molecule has 0 aliphatic carbocycles. The number of hydrogen-bond acceptors (Lipinski definition) is 7. The Balaban J connectivity index is 1.18. The van der Waals surface area contributed by atoms with E-state index < -0.39 is 0 Å². The Labute approximate surface area is 210 Å². The van der Waals surface area contributed by atoms with Gasteiger partial charge >= 0.3 is 0 Å². The third-order valence-electron chi connectivity index (χ3n) is 7.37.